The van der Waals surface area contributed by atoms with Crippen LogP contribution in [0, 0.1) is 0 Å². The number of hydrogen-bond acceptors (Lipinski definition) is 3. The van der Waals surface area contributed by atoms with Crippen molar-refractivity contribution in [3.8, 4) is 0 Å². The second-order valence-electron chi connectivity index (χ2n) is 8.17. The van der Waals surface area contributed by atoms with E-state index in [4.69, 9.17) is 0 Å². The Kier molecular flexibility index (Phi) is 6.29. The summed E-state index contributed by atoms with van der Waals surface area (Å²) in [5.74, 6) is -0.121. The molecule has 2 aromatic rings. The molecule has 2 aliphatic heterocycles. The molecule has 30 heavy (non-hydrogen) atoms. The maximum Gasteiger partial charge on any atom is 0.223 e. The van der Waals surface area contributed by atoms with Crippen LogP contribution >= 0.6 is 0 Å². The van der Waals surface area contributed by atoms with Gasteiger partial charge in [0.1, 0.15) is 0 Å². The van der Waals surface area contributed by atoms with Crippen molar-refractivity contribution >= 4 is 17.9 Å². The minimum Gasteiger partial charge on any atom is -0.352 e. The third kappa shape index (κ3) is 4.79. The third-order valence-electron chi connectivity index (χ3n) is 5.97. The van der Waals surface area contributed by atoms with E-state index in [9.17, 15) is 9.59 Å². The van der Waals surface area contributed by atoms with Crippen LogP contribution in [-0.4, -0.2) is 34.7 Å². The summed E-state index contributed by atoms with van der Waals surface area (Å²) in [4.78, 5) is 28.9. The van der Waals surface area contributed by atoms with Crippen LogP contribution in [0.25, 0.3) is 6.08 Å². The summed E-state index contributed by atoms with van der Waals surface area (Å²) in [5, 5.41) is 3.02. The van der Waals surface area contributed by atoms with Crippen molar-refractivity contribution in [2.24, 2.45) is 0 Å². The molecule has 0 radical (unpaired) electrons. The monoisotopic (exact) mass is 403 g/mol. The normalized spacial score (nSPS) is 18.3. The first-order valence-corrected chi connectivity index (χ1v) is 10.7. The van der Waals surface area contributed by atoms with Gasteiger partial charge in [0.2, 0.25) is 11.8 Å². The van der Waals surface area contributed by atoms with Gasteiger partial charge < -0.3 is 10.2 Å². The summed E-state index contributed by atoms with van der Waals surface area (Å²) in [6, 6.07) is 16.1. The van der Waals surface area contributed by atoms with Gasteiger partial charge in [0.25, 0.3) is 0 Å². The van der Waals surface area contributed by atoms with Crippen molar-refractivity contribution in [3.63, 3.8) is 0 Å². The molecule has 0 saturated carbocycles. The summed E-state index contributed by atoms with van der Waals surface area (Å²) in [6.45, 7) is 5.41. The van der Waals surface area contributed by atoms with Crippen LogP contribution in [0.4, 0.5) is 0 Å². The molecule has 2 heterocycles. The maximum absolute atomic E-state index is 12.7. The predicted octanol–water partition coefficient (Wildman–Crippen LogP) is 3.86. The highest BCUT2D eigenvalue weighted by Crippen LogP contribution is 2.32. The van der Waals surface area contributed by atoms with Gasteiger partial charge in [-0.2, -0.15) is 0 Å². The number of amides is 2. The molecule has 2 amide bonds. The lowest BCUT2D eigenvalue weighted by Crippen LogP contribution is -2.35. The highest BCUT2D eigenvalue weighted by Gasteiger charge is 2.28. The Morgan fingerprint density at radius 2 is 1.70 bits per heavy atom. The van der Waals surface area contributed by atoms with Crippen LogP contribution in [0.2, 0.25) is 0 Å². The minimum absolute atomic E-state index is 0.0579. The van der Waals surface area contributed by atoms with Crippen molar-refractivity contribution in [1.29, 1.82) is 0 Å². The van der Waals surface area contributed by atoms with Crippen LogP contribution in [0.3, 0.4) is 0 Å². The van der Waals surface area contributed by atoms with Gasteiger partial charge in [0.15, 0.2) is 0 Å². The van der Waals surface area contributed by atoms with Crippen LogP contribution in [-0.2, 0) is 22.7 Å². The van der Waals surface area contributed by atoms with Crippen molar-refractivity contribution in [3.05, 3.63) is 77.0 Å². The summed E-state index contributed by atoms with van der Waals surface area (Å²) >= 11 is 0. The molecule has 1 atom stereocenters. The molecule has 1 N–H and O–H groups in total. The van der Waals surface area contributed by atoms with Crippen LogP contribution in [0.15, 0.2) is 54.7 Å². The standard InChI is InChI=1S/C25H29N3O2/c1-19(29)28-15-12-22-6-2-3-7-23(22)24(28)16-25(30)26-17-20-8-10-21(11-9-20)18-27-13-4-5-14-27/h2-3,6-12,15,24H,4-5,13-14,16-18H2,1H3,(H,26,30). The van der Waals surface area contributed by atoms with E-state index >= 15 is 0 Å². The average Bonchev–Trinajstić information content (AvgIpc) is 3.26. The Balaban J connectivity index is 1.34. The second kappa shape index (κ2) is 9.26. The lowest BCUT2D eigenvalue weighted by atomic mass is 9.93. The smallest absolute Gasteiger partial charge is 0.223 e. The van der Waals surface area contributed by atoms with Crippen LogP contribution in [0.1, 0.15) is 54.5 Å². The van der Waals surface area contributed by atoms with Gasteiger partial charge in [0.05, 0.1) is 12.5 Å². The first-order valence-electron chi connectivity index (χ1n) is 10.7. The van der Waals surface area contributed by atoms with Crippen LogP contribution < -0.4 is 5.32 Å². The molecule has 5 nitrogen and oxygen atoms in total. The van der Waals surface area contributed by atoms with Gasteiger partial charge in [-0.25, -0.2) is 0 Å². The Morgan fingerprint density at radius 1 is 1.00 bits per heavy atom. The van der Waals surface area contributed by atoms with E-state index in [2.05, 4.69) is 34.5 Å². The number of fused-ring (bicyclic) bond motifs is 1. The van der Waals surface area contributed by atoms with E-state index in [1.54, 1.807) is 11.1 Å². The molecule has 0 spiro atoms. The third-order valence-corrected chi connectivity index (χ3v) is 5.97. The van der Waals surface area contributed by atoms with Crippen molar-refractivity contribution in [2.45, 2.75) is 45.3 Å². The van der Waals surface area contributed by atoms with Gasteiger partial charge >= 0.3 is 0 Å². The summed E-state index contributed by atoms with van der Waals surface area (Å²) in [7, 11) is 0. The van der Waals surface area contributed by atoms with Gasteiger partial charge in [-0.05, 0) is 54.3 Å². The average molecular weight is 404 g/mol. The van der Waals surface area contributed by atoms with Crippen molar-refractivity contribution in [1.82, 2.24) is 15.1 Å². The molecule has 1 fully saturated rings. The number of carbonyl (C=O) groups excluding carboxylic acids is 2. The fourth-order valence-corrected chi connectivity index (χ4v) is 4.32. The second-order valence-corrected chi connectivity index (χ2v) is 8.17. The van der Waals surface area contributed by atoms with Crippen molar-refractivity contribution in [2.75, 3.05) is 13.1 Å². The largest absolute Gasteiger partial charge is 0.352 e. The molecule has 156 valence electrons. The number of nitrogens with one attached hydrogen (secondary N) is 1. The van der Waals surface area contributed by atoms with Gasteiger partial charge in [-0.15, -0.1) is 0 Å². The lowest BCUT2D eigenvalue weighted by Gasteiger charge is -2.32. The number of rotatable bonds is 6. The van der Waals surface area contributed by atoms with E-state index in [-0.39, 0.29) is 24.3 Å². The highest BCUT2D eigenvalue weighted by atomic mass is 16.2. The molecule has 1 unspecified atom stereocenters. The molecular weight excluding hydrogens is 374 g/mol. The Bertz CT molecular complexity index is 930. The maximum atomic E-state index is 12.7. The molecule has 2 aromatic carbocycles. The highest BCUT2D eigenvalue weighted by molar-refractivity contribution is 5.81. The molecule has 0 bridgehead atoms. The number of likely N-dealkylation sites (tertiary alicyclic amines) is 1. The zero-order valence-corrected chi connectivity index (χ0v) is 17.5. The molecule has 2 aliphatic rings. The Labute approximate surface area is 178 Å². The first-order chi connectivity index (χ1) is 14.6. The number of carbonyl (C=O) groups is 2. The number of nitrogens with zero attached hydrogens (tertiary/aromatic N) is 2. The summed E-state index contributed by atoms with van der Waals surface area (Å²) in [5.41, 5.74) is 4.47. The minimum atomic E-state index is -0.272. The molecular formula is C25H29N3O2. The van der Waals surface area contributed by atoms with E-state index < -0.39 is 0 Å². The fourth-order valence-electron chi connectivity index (χ4n) is 4.32. The Hall–Kier alpha value is -2.92. The molecule has 5 heteroatoms. The predicted molar refractivity (Wildman–Crippen MR) is 118 cm³/mol. The zero-order valence-electron chi connectivity index (χ0n) is 17.5. The molecule has 1 saturated heterocycles. The topological polar surface area (TPSA) is 52.7 Å². The number of benzene rings is 2. The first kappa shape index (κ1) is 20.4. The molecule has 0 aliphatic carbocycles. The molecule has 4 rings (SSSR count). The summed E-state index contributed by atoms with van der Waals surface area (Å²) < 4.78 is 0. The van der Waals surface area contributed by atoms with E-state index in [0.717, 1.165) is 23.2 Å². The number of hydrogen-bond donors (Lipinski definition) is 1. The summed E-state index contributed by atoms with van der Waals surface area (Å²) in [6.07, 6.45) is 6.55. The lowest BCUT2D eigenvalue weighted by molar-refractivity contribution is -0.130. The van der Waals surface area contributed by atoms with Gasteiger partial charge in [0, 0.05) is 26.2 Å². The quantitative estimate of drug-likeness (QED) is 0.797. The van der Waals surface area contributed by atoms with Gasteiger partial charge in [-0.3, -0.25) is 14.5 Å². The zero-order chi connectivity index (χ0) is 20.9. The van der Waals surface area contributed by atoms with Crippen LogP contribution in [0.5, 0.6) is 0 Å². The van der Waals surface area contributed by atoms with E-state index in [0.29, 0.717) is 6.54 Å². The van der Waals surface area contributed by atoms with Gasteiger partial charge in [-0.1, -0.05) is 48.5 Å². The fraction of sp³-hybridized carbons (Fsp3) is 0.360. The van der Waals surface area contributed by atoms with Crippen molar-refractivity contribution < 1.29 is 9.59 Å². The van der Waals surface area contributed by atoms with E-state index in [1.807, 2.05) is 30.3 Å². The SMILES string of the molecule is CC(=O)N1C=Cc2ccccc2C1CC(=O)NCc1ccc(CN2CCCC2)cc1. The molecule has 0 aromatic heterocycles. The van der Waals surface area contributed by atoms with E-state index in [1.165, 1.54) is 38.4 Å². The Morgan fingerprint density at radius 3 is 2.43 bits per heavy atom.